The van der Waals surface area contributed by atoms with Crippen molar-refractivity contribution in [1.82, 2.24) is 4.90 Å². The predicted octanol–water partition coefficient (Wildman–Crippen LogP) is 1.83. The van der Waals surface area contributed by atoms with Crippen molar-refractivity contribution < 1.29 is 19.5 Å². The molecule has 0 radical (unpaired) electrons. The van der Waals surface area contributed by atoms with Gasteiger partial charge in [-0.25, -0.2) is 0 Å². The first kappa shape index (κ1) is 16.7. The van der Waals surface area contributed by atoms with Crippen LogP contribution in [-0.4, -0.2) is 40.9 Å². The maximum absolute atomic E-state index is 12.3. The van der Waals surface area contributed by atoms with E-state index in [0.717, 1.165) is 0 Å². The van der Waals surface area contributed by atoms with Crippen LogP contribution in [0.4, 0.5) is 5.69 Å². The van der Waals surface area contributed by atoms with Crippen LogP contribution in [0.5, 0.6) is 0 Å². The molecule has 1 aromatic carbocycles. The Morgan fingerprint density at radius 1 is 1.19 bits per heavy atom. The largest absolute Gasteiger partial charge is 0.480 e. The van der Waals surface area contributed by atoms with E-state index >= 15 is 0 Å². The molecule has 0 aromatic heterocycles. The van der Waals surface area contributed by atoms with Crippen LogP contribution < -0.4 is 5.32 Å². The first-order valence-electron chi connectivity index (χ1n) is 6.68. The van der Waals surface area contributed by atoms with Gasteiger partial charge in [-0.3, -0.25) is 14.4 Å². The lowest BCUT2D eigenvalue weighted by Crippen LogP contribution is -2.38. The van der Waals surface area contributed by atoms with Crippen LogP contribution >= 0.6 is 0 Å². The third-order valence-corrected chi connectivity index (χ3v) is 2.65. The Labute approximate surface area is 123 Å². The number of anilines is 1. The smallest absolute Gasteiger partial charge is 0.323 e. The van der Waals surface area contributed by atoms with Gasteiger partial charge in [0, 0.05) is 24.7 Å². The second kappa shape index (κ2) is 7.42. The fourth-order valence-electron chi connectivity index (χ4n) is 1.91. The summed E-state index contributed by atoms with van der Waals surface area (Å²) in [7, 11) is 0. The number of benzene rings is 1. The molecule has 0 heterocycles. The summed E-state index contributed by atoms with van der Waals surface area (Å²) in [5.74, 6) is -1.40. The predicted molar refractivity (Wildman–Crippen MR) is 79.1 cm³/mol. The van der Waals surface area contributed by atoms with E-state index in [0.29, 0.717) is 17.8 Å². The van der Waals surface area contributed by atoms with Crippen LogP contribution in [0.1, 0.15) is 31.1 Å². The molecule has 21 heavy (non-hydrogen) atoms. The van der Waals surface area contributed by atoms with Crippen LogP contribution in [0.15, 0.2) is 24.3 Å². The van der Waals surface area contributed by atoms with Crippen molar-refractivity contribution in [1.29, 1.82) is 0 Å². The highest BCUT2D eigenvalue weighted by atomic mass is 16.4. The maximum Gasteiger partial charge on any atom is 0.323 e. The van der Waals surface area contributed by atoms with Crippen molar-refractivity contribution in [2.75, 3.05) is 18.4 Å². The second-order valence-corrected chi connectivity index (χ2v) is 5.23. The molecular formula is C15H20N2O4. The van der Waals surface area contributed by atoms with Gasteiger partial charge in [0.25, 0.3) is 5.91 Å². The molecule has 0 atom stereocenters. The Balaban J connectivity index is 2.87. The lowest BCUT2D eigenvalue weighted by Gasteiger charge is -2.22. The van der Waals surface area contributed by atoms with E-state index in [4.69, 9.17) is 5.11 Å². The molecule has 2 amide bonds. The zero-order valence-corrected chi connectivity index (χ0v) is 12.4. The van der Waals surface area contributed by atoms with E-state index in [1.807, 2.05) is 13.8 Å². The number of amides is 2. The highest BCUT2D eigenvalue weighted by Crippen LogP contribution is 2.12. The highest BCUT2D eigenvalue weighted by Gasteiger charge is 2.19. The van der Waals surface area contributed by atoms with Crippen molar-refractivity contribution in [3.05, 3.63) is 29.8 Å². The van der Waals surface area contributed by atoms with E-state index in [2.05, 4.69) is 5.32 Å². The normalized spacial score (nSPS) is 10.3. The number of nitrogens with one attached hydrogen (secondary N) is 1. The minimum atomic E-state index is -1.04. The van der Waals surface area contributed by atoms with Gasteiger partial charge in [-0.1, -0.05) is 13.8 Å². The fourth-order valence-corrected chi connectivity index (χ4v) is 1.91. The molecule has 0 saturated heterocycles. The maximum atomic E-state index is 12.3. The Hall–Kier alpha value is -2.37. The SMILES string of the molecule is CC(=O)Nc1ccc(C(=O)N(CC(=O)O)CC(C)C)cc1. The van der Waals surface area contributed by atoms with Gasteiger partial charge in [-0.2, -0.15) is 0 Å². The van der Waals surface area contributed by atoms with Crippen molar-refractivity contribution in [2.45, 2.75) is 20.8 Å². The summed E-state index contributed by atoms with van der Waals surface area (Å²) >= 11 is 0. The molecule has 6 heteroatoms. The van der Waals surface area contributed by atoms with Gasteiger partial charge in [0.1, 0.15) is 6.54 Å². The third-order valence-electron chi connectivity index (χ3n) is 2.65. The average molecular weight is 292 g/mol. The molecule has 0 unspecified atom stereocenters. The first-order chi connectivity index (χ1) is 9.79. The molecule has 0 aliphatic carbocycles. The summed E-state index contributed by atoms with van der Waals surface area (Å²) in [6.45, 7) is 5.28. The molecule has 1 aromatic rings. The summed E-state index contributed by atoms with van der Waals surface area (Å²) in [5, 5.41) is 11.5. The van der Waals surface area contributed by atoms with Crippen LogP contribution in [0.2, 0.25) is 0 Å². The van der Waals surface area contributed by atoms with Crippen LogP contribution in [0.25, 0.3) is 0 Å². The Kier molecular flexibility index (Phi) is 5.90. The third kappa shape index (κ3) is 5.64. The van der Waals surface area contributed by atoms with Gasteiger partial charge in [0.05, 0.1) is 0 Å². The number of rotatable bonds is 6. The van der Waals surface area contributed by atoms with E-state index in [1.54, 1.807) is 24.3 Å². The molecule has 0 aliphatic rings. The van der Waals surface area contributed by atoms with Crippen LogP contribution in [0, 0.1) is 5.92 Å². The Morgan fingerprint density at radius 2 is 1.76 bits per heavy atom. The molecule has 0 bridgehead atoms. The van der Waals surface area contributed by atoms with E-state index in [9.17, 15) is 14.4 Å². The Morgan fingerprint density at radius 3 is 2.19 bits per heavy atom. The number of carbonyl (C=O) groups excluding carboxylic acids is 2. The number of hydrogen-bond donors (Lipinski definition) is 2. The number of nitrogens with zero attached hydrogens (tertiary/aromatic N) is 1. The van der Waals surface area contributed by atoms with Crippen molar-refractivity contribution >= 4 is 23.5 Å². The zero-order valence-electron chi connectivity index (χ0n) is 12.4. The highest BCUT2D eigenvalue weighted by molar-refractivity contribution is 5.96. The van der Waals surface area contributed by atoms with Crippen molar-refractivity contribution in [2.24, 2.45) is 5.92 Å². The molecule has 114 valence electrons. The number of hydrogen-bond acceptors (Lipinski definition) is 3. The average Bonchev–Trinajstić information content (AvgIpc) is 2.36. The zero-order chi connectivity index (χ0) is 16.0. The number of carbonyl (C=O) groups is 3. The summed E-state index contributed by atoms with van der Waals surface area (Å²) in [5.41, 5.74) is 0.985. The molecule has 1 rings (SSSR count). The topological polar surface area (TPSA) is 86.7 Å². The van der Waals surface area contributed by atoms with E-state index < -0.39 is 5.97 Å². The number of carboxylic acids is 1. The van der Waals surface area contributed by atoms with Gasteiger partial charge in [-0.15, -0.1) is 0 Å². The number of carboxylic acid groups (broad SMARTS) is 1. The summed E-state index contributed by atoms with van der Waals surface area (Å²) in [4.78, 5) is 35.4. The second-order valence-electron chi connectivity index (χ2n) is 5.23. The molecule has 0 saturated carbocycles. The van der Waals surface area contributed by atoms with E-state index in [-0.39, 0.29) is 24.3 Å². The van der Waals surface area contributed by atoms with Crippen LogP contribution in [-0.2, 0) is 9.59 Å². The molecular weight excluding hydrogens is 272 g/mol. The summed E-state index contributed by atoms with van der Waals surface area (Å²) < 4.78 is 0. The quantitative estimate of drug-likeness (QED) is 0.837. The molecule has 2 N–H and O–H groups in total. The molecule has 6 nitrogen and oxygen atoms in total. The molecule has 0 aliphatic heterocycles. The van der Waals surface area contributed by atoms with Gasteiger partial charge in [-0.05, 0) is 30.2 Å². The first-order valence-corrected chi connectivity index (χ1v) is 6.68. The lowest BCUT2D eigenvalue weighted by molar-refractivity contribution is -0.137. The number of aliphatic carboxylic acids is 1. The monoisotopic (exact) mass is 292 g/mol. The summed E-state index contributed by atoms with van der Waals surface area (Å²) in [6, 6.07) is 6.37. The van der Waals surface area contributed by atoms with Gasteiger partial charge in [0.15, 0.2) is 0 Å². The van der Waals surface area contributed by atoms with E-state index in [1.165, 1.54) is 11.8 Å². The lowest BCUT2D eigenvalue weighted by atomic mass is 10.1. The Bertz CT molecular complexity index is 523. The van der Waals surface area contributed by atoms with Crippen molar-refractivity contribution in [3.8, 4) is 0 Å². The van der Waals surface area contributed by atoms with Crippen molar-refractivity contribution in [3.63, 3.8) is 0 Å². The van der Waals surface area contributed by atoms with Gasteiger partial charge >= 0.3 is 5.97 Å². The summed E-state index contributed by atoms with van der Waals surface area (Å²) in [6.07, 6.45) is 0. The van der Waals surface area contributed by atoms with Gasteiger partial charge in [0.2, 0.25) is 5.91 Å². The minimum absolute atomic E-state index is 0.173. The minimum Gasteiger partial charge on any atom is -0.480 e. The van der Waals surface area contributed by atoms with Crippen LogP contribution in [0.3, 0.4) is 0 Å². The molecule has 0 spiro atoms. The standard InChI is InChI=1S/C15H20N2O4/c1-10(2)8-17(9-14(19)20)15(21)12-4-6-13(7-5-12)16-11(3)18/h4-7,10H,8-9H2,1-3H3,(H,16,18)(H,19,20). The molecule has 0 fully saturated rings. The van der Waals surface area contributed by atoms with Gasteiger partial charge < -0.3 is 15.3 Å². The fraction of sp³-hybridized carbons (Fsp3) is 0.400.